The minimum atomic E-state index is -1.45. The molecule has 0 atom stereocenters. The Balaban J connectivity index is 2.44. The van der Waals surface area contributed by atoms with Crippen molar-refractivity contribution in [1.29, 1.82) is 0 Å². The first kappa shape index (κ1) is 16.0. The summed E-state index contributed by atoms with van der Waals surface area (Å²) >= 11 is 0. The van der Waals surface area contributed by atoms with Crippen molar-refractivity contribution >= 4 is 17.3 Å². The highest BCUT2D eigenvalue weighted by atomic mass is 16.8. The van der Waals surface area contributed by atoms with Gasteiger partial charge in [-0.25, -0.2) is 0 Å². The molecule has 0 saturated carbocycles. The van der Waals surface area contributed by atoms with E-state index < -0.39 is 5.91 Å². The van der Waals surface area contributed by atoms with Gasteiger partial charge in [-0.2, -0.15) is 4.99 Å². The van der Waals surface area contributed by atoms with Gasteiger partial charge in [0.25, 0.3) is 0 Å². The minimum Gasteiger partial charge on any atom is -0.383 e. The van der Waals surface area contributed by atoms with E-state index >= 15 is 0 Å². The summed E-state index contributed by atoms with van der Waals surface area (Å²) < 4.78 is 0. The number of nitrogens with two attached hydrogens (primary N) is 1. The highest BCUT2D eigenvalue weighted by Gasteiger charge is 2.46. The number of amidine groups is 1. The smallest absolute Gasteiger partial charge is 0.383 e. The first-order valence-corrected chi connectivity index (χ1v) is 7.41. The van der Waals surface area contributed by atoms with Gasteiger partial charge in [0.05, 0.1) is 17.0 Å². The van der Waals surface area contributed by atoms with E-state index in [4.69, 9.17) is 15.4 Å². The average molecular weight is 302 g/mol. The third-order valence-electron chi connectivity index (χ3n) is 3.48. The normalized spacial score (nSPS) is 21.4. The number of hydrogen-bond acceptors (Lipinski definition) is 6. The minimum absolute atomic E-state index is 0.351. The maximum absolute atomic E-state index is 5.99. The molecule has 22 heavy (non-hydrogen) atoms. The predicted molar refractivity (Wildman–Crippen MR) is 87.8 cm³/mol. The molecule has 2 rings (SSSR count). The van der Waals surface area contributed by atoms with Gasteiger partial charge in [0.15, 0.2) is 0 Å². The molecule has 1 aliphatic heterocycles. The SMILES string of the molecule is CC/C(C)=N/OC1(O/N=C(\C)CC)N=C(N)c2ccccc21. The Morgan fingerprint density at radius 1 is 1.09 bits per heavy atom. The predicted octanol–water partition coefficient (Wildman–Crippen LogP) is 3.12. The molecule has 118 valence electrons. The zero-order valence-corrected chi connectivity index (χ0v) is 13.5. The molecule has 6 nitrogen and oxygen atoms in total. The number of fused-ring (bicyclic) bond motifs is 1. The monoisotopic (exact) mass is 302 g/mol. The molecular weight excluding hydrogens is 280 g/mol. The molecule has 1 aromatic carbocycles. The summed E-state index contributed by atoms with van der Waals surface area (Å²) in [5, 5.41) is 8.19. The van der Waals surface area contributed by atoms with E-state index in [1.807, 2.05) is 52.0 Å². The summed E-state index contributed by atoms with van der Waals surface area (Å²) in [7, 11) is 0. The van der Waals surface area contributed by atoms with E-state index in [2.05, 4.69) is 15.3 Å². The molecule has 0 unspecified atom stereocenters. The van der Waals surface area contributed by atoms with E-state index in [0.29, 0.717) is 11.4 Å². The van der Waals surface area contributed by atoms with E-state index in [1.54, 1.807) is 0 Å². The van der Waals surface area contributed by atoms with Crippen molar-refractivity contribution in [1.82, 2.24) is 0 Å². The van der Waals surface area contributed by atoms with Gasteiger partial charge < -0.3 is 15.4 Å². The lowest BCUT2D eigenvalue weighted by Gasteiger charge is -2.22. The van der Waals surface area contributed by atoms with Crippen molar-refractivity contribution in [2.45, 2.75) is 46.4 Å². The van der Waals surface area contributed by atoms with Gasteiger partial charge in [0.1, 0.15) is 5.84 Å². The zero-order valence-electron chi connectivity index (χ0n) is 13.5. The fraction of sp³-hybridized carbons (Fsp3) is 0.438. The van der Waals surface area contributed by atoms with Gasteiger partial charge in [-0.15, -0.1) is 0 Å². The number of nitrogens with zero attached hydrogens (tertiary/aromatic N) is 3. The fourth-order valence-electron chi connectivity index (χ4n) is 1.83. The maximum atomic E-state index is 5.99. The number of rotatable bonds is 6. The summed E-state index contributed by atoms with van der Waals surface area (Å²) in [6, 6.07) is 7.49. The first-order chi connectivity index (χ1) is 10.5. The summed E-state index contributed by atoms with van der Waals surface area (Å²) in [5.41, 5.74) is 9.13. The van der Waals surface area contributed by atoms with Crippen molar-refractivity contribution in [2.24, 2.45) is 21.0 Å². The summed E-state index contributed by atoms with van der Waals surface area (Å²) in [6.45, 7) is 7.75. The van der Waals surface area contributed by atoms with E-state index in [-0.39, 0.29) is 0 Å². The van der Waals surface area contributed by atoms with Crippen LogP contribution in [0.25, 0.3) is 0 Å². The Bertz CT molecular complexity index is 613. The van der Waals surface area contributed by atoms with Crippen LogP contribution in [0, 0.1) is 0 Å². The van der Waals surface area contributed by atoms with Crippen LogP contribution in [0.3, 0.4) is 0 Å². The largest absolute Gasteiger partial charge is 0.428 e. The average Bonchev–Trinajstić information content (AvgIpc) is 2.83. The van der Waals surface area contributed by atoms with Crippen molar-refractivity contribution in [3.05, 3.63) is 35.4 Å². The van der Waals surface area contributed by atoms with Crippen molar-refractivity contribution in [3.8, 4) is 0 Å². The maximum Gasteiger partial charge on any atom is 0.428 e. The second kappa shape index (κ2) is 6.60. The van der Waals surface area contributed by atoms with Crippen LogP contribution < -0.4 is 5.73 Å². The highest BCUT2D eigenvalue weighted by molar-refractivity contribution is 6.01. The van der Waals surface area contributed by atoms with Gasteiger partial charge >= 0.3 is 5.91 Å². The van der Waals surface area contributed by atoms with Crippen LogP contribution in [0.2, 0.25) is 0 Å². The number of oxime groups is 2. The number of benzene rings is 1. The molecule has 0 spiro atoms. The molecule has 6 heteroatoms. The third-order valence-corrected chi connectivity index (χ3v) is 3.48. The molecule has 0 aromatic heterocycles. The molecule has 1 aliphatic rings. The lowest BCUT2D eigenvalue weighted by atomic mass is 10.1. The van der Waals surface area contributed by atoms with Crippen molar-refractivity contribution < 1.29 is 9.68 Å². The molecule has 1 aromatic rings. The Kier molecular flexibility index (Phi) is 4.80. The molecule has 2 N–H and O–H groups in total. The molecular formula is C16H22N4O2. The van der Waals surface area contributed by atoms with E-state index in [1.165, 1.54) is 0 Å². The van der Waals surface area contributed by atoms with Gasteiger partial charge in [-0.3, -0.25) is 0 Å². The molecule has 0 fully saturated rings. The van der Waals surface area contributed by atoms with Crippen LogP contribution in [-0.4, -0.2) is 17.3 Å². The molecule has 0 radical (unpaired) electrons. The second-order valence-electron chi connectivity index (χ2n) is 5.17. The fourth-order valence-corrected chi connectivity index (χ4v) is 1.83. The highest BCUT2D eigenvalue weighted by Crippen LogP contribution is 2.37. The summed E-state index contributed by atoms with van der Waals surface area (Å²) in [4.78, 5) is 15.6. The van der Waals surface area contributed by atoms with E-state index in [9.17, 15) is 0 Å². The van der Waals surface area contributed by atoms with Crippen LogP contribution in [0.5, 0.6) is 0 Å². The van der Waals surface area contributed by atoms with Crippen LogP contribution in [0.4, 0.5) is 0 Å². The van der Waals surface area contributed by atoms with Crippen LogP contribution >= 0.6 is 0 Å². The van der Waals surface area contributed by atoms with Crippen molar-refractivity contribution in [2.75, 3.05) is 0 Å². The Morgan fingerprint density at radius 3 is 2.18 bits per heavy atom. The summed E-state index contributed by atoms with van der Waals surface area (Å²) in [5.74, 6) is -1.10. The topological polar surface area (TPSA) is 81.6 Å². The quantitative estimate of drug-likeness (QED) is 0.498. The first-order valence-electron chi connectivity index (χ1n) is 7.41. The van der Waals surface area contributed by atoms with E-state index in [0.717, 1.165) is 29.8 Å². The van der Waals surface area contributed by atoms with Crippen LogP contribution in [0.1, 0.15) is 51.7 Å². The molecule has 0 aliphatic carbocycles. The Labute approximate surface area is 130 Å². The number of hydrogen-bond donors (Lipinski definition) is 1. The molecule has 1 heterocycles. The van der Waals surface area contributed by atoms with Gasteiger partial charge in [0.2, 0.25) is 0 Å². The van der Waals surface area contributed by atoms with Gasteiger partial charge in [-0.1, -0.05) is 42.4 Å². The third kappa shape index (κ3) is 3.10. The molecule has 0 saturated heterocycles. The van der Waals surface area contributed by atoms with Gasteiger partial charge in [0, 0.05) is 5.56 Å². The lowest BCUT2D eigenvalue weighted by molar-refractivity contribution is -0.241. The molecule has 0 amide bonds. The lowest BCUT2D eigenvalue weighted by Crippen LogP contribution is -2.26. The molecule has 0 bridgehead atoms. The standard InChI is InChI=1S/C16H22N4O2/c1-5-11(3)19-21-16(22-20-12(4)6-2)14-10-8-7-9-13(14)15(17)18-16/h7-10H,5-6H2,1-4H3,(H2,17,18)/b19-11+,20-12+. The van der Waals surface area contributed by atoms with Crippen molar-refractivity contribution in [3.63, 3.8) is 0 Å². The van der Waals surface area contributed by atoms with Crippen LogP contribution in [-0.2, 0) is 15.6 Å². The second-order valence-corrected chi connectivity index (χ2v) is 5.17. The zero-order chi connectivity index (χ0) is 16.2. The number of aliphatic imine (C=N–C) groups is 1. The Morgan fingerprint density at radius 2 is 1.64 bits per heavy atom. The Hall–Kier alpha value is -2.37. The van der Waals surface area contributed by atoms with Crippen LogP contribution in [0.15, 0.2) is 39.6 Å². The van der Waals surface area contributed by atoms with Gasteiger partial charge in [-0.05, 0) is 32.8 Å². The summed E-state index contributed by atoms with van der Waals surface area (Å²) in [6.07, 6.45) is 1.54.